The number of carbonyl (C=O) groups excluding carboxylic acids is 1. The van der Waals surface area contributed by atoms with E-state index in [1.54, 1.807) is 12.1 Å². The number of benzene rings is 2. The number of hydrogen-bond donors (Lipinski definition) is 1. The zero-order valence-corrected chi connectivity index (χ0v) is 16.4. The number of fused-ring (bicyclic) bond motifs is 1. The smallest absolute Gasteiger partial charge is 0.258 e. The summed E-state index contributed by atoms with van der Waals surface area (Å²) in [7, 11) is 0. The van der Waals surface area contributed by atoms with E-state index in [0.29, 0.717) is 19.2 Å². The summed E-state index contributed by atoms with van der Waals surface area (Å²) in [5.74, 6) is 0.944. The molecule has 1 aliphatic carbocycles. The van der Waals surface area contributed by atoms with Crippen molar-refractivity contribution < 1.29 is 14.6 Å². The molecule has 0 atom stereocenters. The Morgan fingerprint density at radius 3 is 2.48 bits per heavy atom. The topological polar surface area (TPSA) is 49.8 Å². The van der Waals surface area contributed by atoms with Gasteiger partial charge in [-0.15, -0.1) is 0 Å². The van der Waals surface area contributed by atoms with Gasteiger partial charge in [-0.25, -0.2) is 0 Å². The summed E-state index contributed by atoms with van der Waals surface area (Å²) >= 11 is 4.10. The summed E-state index contributed by atoms with van der Waals surface area (Å²) in [4.78, 5) is 14.9. The van der Waals surface area contributed by atoms with Gasteiger partial charge in [0.25, 0.3) is 5.91 Å². The van der Waals surface area contributed by atoms with Gasteiger partial charge in [-0.2, -0.15) is 0 Å². The molecule has 1 amide bonds. The number of aromatic hydroxyl groups is 1. The highest BCUT2D eigenvalue weighted by molar-refractivity contribution is 14.1. The van der Waals surface area contributed by atoms with Crippen molar-refractivity contribution in [1.29, 1.82) is 0 Å². The Morgan fingerprint density at radius 2 is 1.83 bits per heavy atom. The molecule has 2 aromatic carbocycles. The minimum absolute atomic E-state index is 0.0529. The first-order valence-corrected chi connectivity index (χ1v) is 9.43. The number of phenols is 1. The zero-order chi connectivity index (χ0) is 16.2. The fourth-order valence-electron chi connectivity index (χ4n) is 2.83. The van der Waals surface area contributed by atoms with Crippen LogP contribution >= 0.6 is 45.2 Å². The molecule has 1 spiro atoms. The maximum absolute atomic E-state index is 13.1. The minimum atomic E-state index is -0.207. The number of halogens is 2. The molecule has 2 aliphatic rings. The molecular weight excluding hydrogens is 520 g/mol. The number of carbonyl (C=O) groups is 1. The van der Waals surface area contributed by atoms with E-state index in [1.807, 2.05) is 74.3 Å². The van der Waals surface area contributed by atoms with Gasteiger partial charge in [0.2, 0.25) is 0 Å². The van der Waals surface area contributed by atoms with E-state index in [-0.39, 0.29) is 17.3 Å². The summed E-state index contributed by atoms with van der Waals surface area (Å²) in [6.45, 7) is 0.580. The Kier molecular flexibility index (Phi) is 3.71. The Morgan fingerprint density at radius 1 is 1.17 bits per heavy atom. The maximum atomic E-state index is 13.1. The summed E-state index contributed by atoms with van der Waals surface area (Å²) < 4.78 is 7.44. The highest BCUT2D eigenvalue weighted by Gasteiger charge is 2.51. The highest BCUT2D eigenvalue weighted by Crippen LogP contribution is 2.48. The molecule has 4 rings (SSSR count). The van der Waals surface area contributed by atoms with E-state index >= 15 is 0 Å². The van der Waals surface area contributed by atoms with Gasteiger partial charge >= 0.3 is 0 Å². The molecule has 0 bridgehead atoms. The lowest BCUT2D eigenvalue weighted by molar-refractivity contribution is 0.0943. The molecule has 0 radical (unpaired) electrons. The second kappa shape index (κ2) is 5.51. The summed E-state index contributed by atoms with van der Waals surface area (Å²) in [6.07, 6.45) is 1.96. The predicted octanol–water partition coefficient (Wildman–Crippen LogP) is 4.17. The quantitative estimate of drug-likeness (QED) is 0.561. The number of phenolic OH excluding ortho intramolecular Hbond substituents is 1. The zero-order valence-electron chi connectivity index (χ0n) is 12.1. The van der Waals surface area contributed by atoms with Gasteiger partial charge in [0, 0.05) is 5.56 Å². The van der Waals surface area contributed by atoms with Crippen molar-refractivity contribution in [3.8, 4) is 11.5 Å². The van der Waals surface area contributed by atoms with Gasteiger partial charge in [0.1, 0.15) is 17.1 Å². The van der Waals surface area contributed by atoms with E-state index in [2.05, 4.69) is 0 Å². The van der Waals surface area contributed by atoms with Gasteiger partial charge in [0.15, 0.2) is 0 Å². The normalized spacial score (nSPS) is 17.6. The van der Waals surface area contributed by atoms with Gasteiger partial charge < -0.3 is 14.7 Å². The van der Waals surface area contributed by atoms with E-state index in [4.69, 9.17) is 4.74 Å². The second-order valence-corrected chi connectivity index (χ2v) is 8.26. The SMILES string of the molecule is O=C(c1cc(I)c(O)c(I)c1)N1CC2(CC2)Oc2ccccc21. The van der Waals surface area contributed by atoms with E-state index in [9.17, 15) is 9.90 Å². The molecule has 23 heavy (non-hydrogen) atoms. The summed E-state index contributed by atoms with van der Waals surface area (Å²) in [5.41, 5.74) is 1.19. The van der Waals surface area contributed by atoms with Crippen molar-refractivity contribution in [2.45, 2.75) is 18.4 Å². The first-order chi connectivity index (χ1) is 11.0. The molecule has 1 N–H and O–H groups in total. The Bertz CT molecular complexity index is 794. The number of ether oxygens (including phenoxy) is 1. The van der Waals surface area contributed by atoms with Crippen molar-refractivity contribution in [3.05, 3.63) is 49.1 Å². The van der Waals surface area contributed by atoms with Gasteiger partial charge in [-0.1, -0.05) is 12.1 Å². The Hall–Kier alpha value is -1.03. The van der Waals surface area contributed by atoms with Crippen LogP contribution in [0.15, 0.2) is 36.4 Å². The van der Waals surface area contributed by atoms with Gasteiger partial charge in [-0.3, -0.25) is 4.79 Å². The molecular formula is C17H13I2NO3. The highest BCUT2D eigenvalue weighted by atomic mass is 127. The first kappa shape index (κ1) is 15.5. The number of amides is 1. The molecule has 2 aromatic rings. The largest absolute Gasteiger partial charge is 0.506 e. The fourth-order valence-corrected chi connectivity index (χ4v) is 4.60. The van der Waals surface area contributed by atoms with Crippen LogP contribution in [0.3, 0.4) is 0 Å². The van der Waals surface area contributed by atoms with E-state index < -0.39 is 0 Å². The third-order valence-electron chi connectivity index (χ3n) is 4.25. The minimum Gasteiger partial charge on any atom is -0.506 e. The van der Waals surface area contributed by atoms with Crippen LogP contribution in [-0.4, -0.2) is 23.2 Å². The van der Waals surface area contributed by atoms with Gasteiger partial charge in [0.05, 0.1) is 19.4 Å². The van der Waals surface area contributed by atoms with Crippen molar-refractivity contribution >= 4 is 56.8 Å². The number of nitrogens with zero attached hydrogens (tertiary/aromatic N) is 1. The van der Waals surface area contributed by atoms with Crippen LogP contribution < -0.4 is 9.64 Å². The third kappa shape index (κ3) is 2.69. The molecule has 118 valence electrons. The predicted molar refractivity (Wildman–Crippen MR) is 104 cm³/mol. The summed E-state index contributed by atoms with van der Waals surface area (Å²) in [5, 5.41) is 9.91. The molecule has 0 aromatic heterocycles. The third-order valence-corrected chi connectivity index (χ3v) is 5.89. The van der Waals surface area contributed by atoms with Crippen LogP contribution in [-0.2, 0) is 0 Å². The van der Waals surface area contributed by atoms with Gasteiger partial charge in [-0.05, 0) is 82.3 Å². The summed E-state index contributed by atoms with van der Waals surface area (Å²) in [6, 6.07) is 11.1. The van der Waals surface area contributed by atoms with Crippen molar-refractivity contribution in [2.24, 2.45) is 0 Å². The van der Waals surface area contributed by atoms with E-state index in [0.717, 1.165) is 24.3 Å². The molecule has 1 heterocycles. The van der Waals surface area contributed by atoms with Crippen LogP contribution in [0.1, 0.15) is 23.2 Å². The molecule has 1 aliphatic heterocycles. The molecule has 0 unspecified atom stereocenters. The maximum Gasteiger partial charge on any atom is 0.258 e. The van der Waals surface area contributed by atoms with Crippen LogP contribution in [0, 0.1) is 7.14 Å². The average molecular weight is 533 g/mol. The van der Waals surface area contributed by atoms with Crippen molar-refractivity contribution in [1.82, 2.24) is 0 Å². The number of rotatable bonds is 1. The second-order valence-electron chi connectivity index (χ2n) is 5.93. The van der Waals surface area contributed by atoms with Crippen molar-refractivity contribution in [3.63, 3.8) is 0 Å². The Labute approximate surface area is 161 Å². The monoisotopic (exact) mass is 533 g/mol. The van der Waals surface area contributed by atoms with Crippen LogP contribution in [0.5, 0.6) is 11.5 Å². The lowest BCUT2D eigenvalue weighted by Crippen LogP contribution is -2.45. The number of anilines is 1. The molecule has 0 saturated heterocycles. The molecule has 6 heteroatoms. The lowest BCUT2D eigenvalue weighted by Gasteiger charge is -2.35. The lowest BCUT2D eigenvalue weighted by atomic mass is 10.1. The van der Waals surface area contributed by atoms with Crippen molar-refractivity contribution in [2.75, 3.05) is 11.4 Å². The number of para-hydroxylation sites is 2. The fraction of sp³-hybridized carbons (Fsp3) is 0.235. The van der Waals surface area contributed by atoms with Crippen LogP contribution in [0.4, 0.5) is 5.69 Å². The molecule has 1 saturated carbocycles. The van der Waals surface area contributed by atoms with Crippen LogP contribution in [0.25, 0.3) is 0 Å². The van der Waals surface area contributed by atoms with Crippen LogP contribution in [0.2, 0.25) is 0 Å². The number of hydrogen-bond acceptors (Lipinski definition) is 3. The standard InChI is InChI=1S/C17H13I2NO3/c18-11-7-10(8-12(19)15(11)21)16(22)20-9-17(5-6-17)23-14-4-2-1-3-13(14)20/h1-4,7-8,21H,5-6,9H2. The average Bonchev–Trinajstić information content (AvgIpc) is 3.29. The first-order valence-electron chi connectivity index (χ1n) is 7.27. The van der Waals surface area contributed by atoms with E-state index in [1.165, 1.54) is 0 Å². The molecule has 4 nitrogen and oxygen atoms in total. The Balaban J connectivity index is 1.76. The molecule has 1 fully saturated rings.